The number of nitro groups is 1. The van der Waals surface area contributed by atoms with Crippen molar-refractivity contribution in [3.05, 3.63) is 45.2 Å². The molecule has 1 heterocycles. The molecular formula is C14H15ClN4O4. The van der Waals surface area contributed by atoms with Crippen LogP contribution in [0.15, 0.2) is 24.4 Å². The van der Waals surface area contributed by atoms with E-state index >= 15 is 0 Å². The molecule has 1 atom stereocenters. The van der Waals surface area contributed by atoms with Crippen LogP contribution in [-0.2, 0) is 4.79 Å². The van der Waals surface area contributed by atoms with Crippen molar-refractivity contribution in [3.63, 3.8) is 0 Å². The Morgan fingerprint density at radius 2 is 2.22 bits per heavy atom. The lowest BCUT2D eigenvalue weighted by Crippen LogP contribution is -2.25. The van der Waals surface area contributed by atoms with Crippen molar-refractivity contribution >= 4 is 28.9 Å². The van der Waals surface area contributed by atoms with E-state index in [4.69, 9.17) is 16.3 Å². The summed E-state index contributed by atoms with van der Waals surface area (Å²) in [6, 6.07) is 3.35. The smallest absolute Gasteiger partial charge is 0.273 e. The molecule has 1 aromatic carbocycles. The van der Waals surface area contributed by atoms with E-state index in [-0.39, 0.29) is 17.3 Å². The van der Waals surface area contributed by atoms with Gasteiger partial charge in [0.1, 0.15) is 11.8 Å². The molecule has 0 spiro atoms. The third-order valence-electron chi connectivity index (χ3n) is 3.38. The van der Waals surface area contributed by atoms with E-state index in [0.29, 0.717) is 16.4 Å². The molecule has 1 unspecified atom stereocenters. The van der Waals surface area contributed by atoms with Gasteiger partial charge in [-0.3, -0.25) is 19.6 Å². The fraction of sp³-hybridized carbons (Fsp3) is 0.286. The summed E-state index contributed by atoms with van der Waals surface area (Å²) in [6.07, 6.45) is 1.47. The highest BCUT2D eigenvalue weighted by molar-refractivity contribution is 6.31. The first kappa shape index (κ1) is 16.8. The molecule has 0 aliphatic heterocycles. The van der Waals surface area contributed by atoms with Gasteiger partial charge in [-0.25, -0.2) is 0 Å². The standard InChI is InChI=1S/C14H15ClN4O4/c1-8-11(15)7-16-18(8)9(2)14(20)17-12-5-4-10(19(21)22)6-13(12)23-3/h4-7,9H,1-3H3,(H,17,20). The predicted molar refractivity (Wildman–Crippen MR) is 85.0 cm³/mol. The summed E-state index contributed by atoms with van der Waals surface area (Å²) in [5.41, 5.74) is 0.887. The average molecular weight is 339 g/mol. The normalized spacial score (nSPS) is 11.8. The van der Waals surface area contributed by atoms with E-state index in [1.54, 1.807) is 13.8 Å². The Bertz CT molecular complexity index is 759. The molecule has 0 fully saturated rings. The van der Waals surface area contributed by atoms with Crippen LogP contribution < -0.4 is 10.1 Å². The van der Waals surface area contributed by atoms with Gasteiger partial charge in [0.05, 0.1) is 40.7 Å². The average Bonchev–Trinajstić information content (AvgIpc) is 2.86. The lowest BCUT2D eigenvalue weighted by molar-refractivity contribution is -0.384. The second-order valence-electron chi connectivity index (χ2n) is 4.83. The largest absolute Gasteiger partial charge is 0.494 e. The van der Waals surface area contributed by atoms with E-state index in [0.717, 1.165) is 0 Å². The molecule has 0 bridgehead atoms. The number of benzene rings is 1. The number of methoxy groups -OCH3 is 1. The van der Waals surface area contributed by atoms with Crippen molar-refractivity contribution in [2.45, 2.75) is 19.9 Å². The third kappa shape index (κ3) is 3.42. The fourth-order valence-corrected chi connectivity index (χ4v) is 2.17. The van der Waals surface area contributed by atoms with Gasteiger partial charge in [-0.15, -0.1) is 0 Å². The van der Waals surface area contributed by atoms with Gasteiger partial charge >= 0.3 is 0 Å². The molecule has 0 aliphatic rings. The van der Waals surface area contributed by atoms with Crippen molar-refractivity contribution in [1.82, 2.24) is 9.78 Å². The number of hydrogen-bond acceptors (Lipinski definition) is 5. The van der Waals surface area contributed by atoms with Crippen molar-refractivity contribution < 1.29 is 14.5 Å². The van der Waals surface area contributed by atoms with Crippen LogP contribution in [0.4, 0.5) is 11.4 Å². The maximum absolute atomic E-state index is 12.4. The maximum atomic E-state index is 12.4. The monoisotopic (exact) mass is 338 g/mol. The second kappa shape index (κ2) is 6.66. The Kier molecular flexibility index (Phi) is 4.85. The molecule has 1 N–H and O–H groups in total. The Labute approximate surface area is 137 Å². The van der Waals surface area contributed by atoms with Gasteiger partial charge in [0, 0.05) is 6.07 Å². The van der Waals surface area contributed by atoms with Crippen molar-refractivity contribution in [1.29, 1.82) is 0 Å². The number of anilines is 1. The fourth-order valence-electron chi connectivity index (χ4n) is 2.04. The van der Waals surface area contributed by atoms with Crippen LogP contribution in [-0.4, -0.2) is 27.7 Å². The number of carbonyl (C=O) groups excluding carboxylic acids is 1. The minimum Gasteiger partial charge on any atom is -0.494 e. The Balaban J connectivity index is 2.23. The number of nitrogens with zero attached hydrogens (tertiary/aromatic N) is 3. The molecule has 2 aromatic rings. The minimum atomic E-state index is -0.609. The summed E-state index contributed by atoms with van der Waals surface area (Å²) in [7, 11) is 1.37. The molecule has 2 rings (SSSR count). The molecule has 0 aliphatic carbocycles. The molecule has 0 saturated heterocycles. The first-order chi connectivity index (χ1) is 10.8. The van der Waals surface area contributed by atoms with Gasteiger partial charge in [0.15, 0.2) is 0 Å². The van der Waals surface area contributed by atoms with E-state index in [9.17, 15) is 14.9 Å². The van der Waals surface area contributed by atoms with E-state index in [2.05, 4.69) is 10.4 Å². The second-order valence-corrected chi connectivity index (χ2v) is 5.24. The number of hydrogen-bond donors (Lipinski definition) is 1. The molecule has 122 valence electrons. The summed E-state index contributed by atoms with van der Waals surface area (Å²) >= 11 is 5.93. The SMILES string of the molecule is COc1cc([N+](=O)[O-])ccc1NC(=O)C(C)n1ncc(Cl)c1C. The summed E-state index contributed by atoms with van der Waals surface area (Å²) < 4.78 is 6.58. The lowest BCUT2D eigenvalue weighted by atomic mass is 10.2. The Hall–Kier alpha value is -2.61. The molecule has 0 radical (unpaired) electrons. The number of nitro benzene ring substituents is 1. The number of non-ortho nitro benzene ring substituents is 1. The predicted octanol–water partition coefficient (Wildman–Crippen LogP) is 2.96. The van der Waals surface area contributed by atoms with Crippen LogP contribution in [0.1, 0.15) is 18.7 Å². The van der Waals surface area contributed by atoms with Gasteiger partial charge in [-0.2, -0.15) is 5.10 Å². The minimum absolute atomic E-state index is 0.123. The van der Waals surface area contributed by atoms with Gasteiger partial charge < -0.3 is 10.1 Å². The van der Waals surface area contributed by atoms with Gasteiger partial charge in [-0.1, -0.05) is 11.6 Å². The number of amides is 1. The molecule has 8 nitrogen and oxygen atoms in total. The zero-order valence-corrected chi connectivity index (χ0v) is 13.5. The van der Waals surface area contributed by atoms with Crippen LogP contribution >= 0.6 is 11.6 Å². The van der Waals surface area contributed by atoms with Crippen LogP contribution in [0.5, 0.6) is 5.75 Å². The lowest BCUT2D eigenvalue weighted by Gasteiger charge is -2.16. The summed E-state index contributed by atoms with van der Waals surface area (Å²) in [5, 5.41) is 18.0. The Morgan fingerprint density at radius 1 is 1.52 bits per heavy atom. The van der Waals surface area contributed by atoms with Gasteiger partial charge in [0.25, 0.3) is 5.69 Å². The quantitative estimate of drug-likeness (QED) is 0.667. The summed E-state index contributed by atoms with van der Waals surface area (Å²) in [4.78, 5) is 22.6. The number of nitrogens with one attached hydrogen (secondary N) is 1. The van der Waals surface area contributed by atoms with Crippen molar-refractivity contribution in [2.24, 2.45) is 0 Å². The van der Waals surface area contributed by atoms with Crippen molar-refractivity contribution in [2.75, 3.05) is 12.4 Å². The van der Waals surface area contributed by atoms with Crippen LogP contribution in [0.25, 0.3) is 0 Å². The zero-order chi connectivity index (χ0) is 17.1. The van der Waals surface area contributed by atoms with Crippen LogP contribution in [0.3, 0.4) is 0 Å². The topological polar surface area (TPSA) is 99.3 Å². The van der Waals surface area contributed by atoms with E-state index in [1.807, 2.05) is 0 Å². The summed E-state index contributed by atoms with van der Waals surface area (Å²) in [6.45, 7) is 3.43. The summed E-state index contributed by atoms with van der Waals surface area (Å²) in [5.74, 6) is -0.144. The first-order valence-corrected chi connectivity index (χ1v) is 7.05. The van der Waals surface area contributed by atoms with Gasteiger partial charge in [-0.05, 0) is 19.9 Å². The molecule has 1 amide bonds. The molecule has 9 heteroatoms. The maximum Gasteiger partial charge on any atom is 0.273 e. The molecule has 1 aromatic heterocycles. The number of halogens is 1. The highest BCUT2D eigenvalue weighted by Crippen LogP contribution is 2.29. The first-order valence-electron chi connectivity index (χ1n) is 6.68. The Morgan fingerprint density at radius 3 is 2.74 bits per heavy atom. The van der Waals surface area contributed by atoms with Crippen LogP contribution in [0, 0.1) is 17.0 Å². The number of ether oxygens (including phenoxy) is 1. The van der Waals surface area contributed by atoms with E-state index < -0.39 is 11.0 Å². The zero-order valence-electron chi connectivity index (χ0n) is 12.7. The van der Waals surface area contributed by atoms with E-state index in [1.165, 1.54) is 36.2 Å². The van der Waals surface area contributed by atoms with Crippen LogP contribution in [0.2, 0.25) is 5.02 Å². The third-order valence-corrected chi connectivity index (χ3v) is 3.76. The number of rotatable bonds is 5. The molecule has 0 saturated carbocycles. The van der Waals surface area contributed by atoms with Gasteiger partial charge in [0.2, 0.25) is 5.91 Å². The molecule has 23 heavy (non-hydrogen) atoms. The highest BCUT2D eigenvalue weighted by Gasteiger charge is 2.21. The van der Waals surface area contributed by atoms with Crippen molar-refractivity contribution in [3.8, 4) is 5.75 Å². The number of aromatic nitrogens is 2. The number of carbonyl (C=O) groups is 1. The highest BCUT2D eigenvalue weighted by atomic mass is 35.5. The molecular weight excluding hydrogens is 324 g/mol.